The zero-order valence-electron chi connectivity index (χ0n) is 9.69. The van der Waals surface area contributed by atoms with E-state index in [0.29, 0.717) is 6.61 Å². The fourth-order valence-electron chi connectivity index (χ4n) is 1.75. The Balaban J connectivity index is 1.71. The standard InChI is InChI=1S/C13H17NO2/c1-13(2)8-11(13)12(15)14-16-9-10-6-4-3-5-7-10/h3-7,11H,8-9H2,1-2H3,(H,14,15). The molecule has 0 spiro atoms. The molecule has 1 N–H and O–H groups in total. The minimum absolute atomic E-state index is 0.000862. The van der Waals surface area contributed by atoms with Gasteiger partial charge >= 0.3 is 0 Å². The summed E-state index contributed by atoms with van der Waals surface area (Å²) in [6.07, 6.45) is 0.952. The highest BCUT2D eigenvalue weighted by Gasteiger charge is 2.50. The van der Waals surface area contributed by atoms with Crippen molar-refractivity contribution >= 4 is 5.91 Å². The number of hydrogen-bond acceptors (Lipinski definition) is 2. The molecule has 86 valence electrons. The Morgan fingerprint density at radius 2 is 2.06 bits per heavy atom. The van der Waals surface area contributed by atoms with Crippen molar-refractivity contribution in [3.05, 3.63) is 35.9 Å². The molecule has 1 aliphatic rings. The highest BCUT2D eigenvalue weighted by molar-refractivity contribution is 5.81. The van der Waals surface area contributed by atoms with Crippen molar-refractivity contribution in [3.63, 3.8) is 0 Å². The van der Waals surface area contributed by atoms with Crippen LogP contribution in [-0.2, 0) is 16.2 Å². The predicted octanol–water partition coefficient (Wildman–Crippen LogP) is 2.28. The number of hydrogen-bond donors (Lipinski definition) is 1. The summed E-state index contributed by atoms with van der Waals surface area (Å²) in [5, 5.41) is 0. The molecule has 1 aliphatic carbocycles. The smallest absolute Gasteiger partial charge is 0.247 e. The maximum atomic E-state index is 11.6. The Kier molecular flexibility index (Phi) is 2.97. The molecule has 16 heavy (non-hydrogen) atoms. The van der Waals surface area contributed by atoms with E-state index in [9.17, 15) is 4.79 Å². The van der Waals surface area contributed by atoms with Gasteiger partial charge in [-0.25, -0.2) is 5.48 Å². The van der Waals surface area contributed by atoms with Crippen LogP contribution in [0.3, 0.4) is 0 Å². The predicted molar refractivity (Wildman–Crippen MR) is 61.3 cm³/mol. The number of benzene rings is 1. The normalized spacial score (nSPS) is 21.5. The van der Waals surface area contributed by atoms with Crippen molar-refractivity contribution in [1.82, 2.24) is 5.48 Å². The largest absolute Gasteiger partial charge is 0.272 e. The van der Waals surface area contributed by atoms with E-state index in [1.165, 1.54) is 0 Å². The van der Waals surface area contributed by atoms with Crippen molar-refractivity contribution in [2.45, 2.75) is 26.9 Å². The summed E-state index contributed by atoms with van der Waals surface area (Å²) in [7, 11) is 0. The Morgan fingerprint density at radius 3 is 2.62 bits per heavy atom. The van der Waals surface area contributed by atoms with Gasteiger partial charge in [0, 0.05) is 5.92 Å². The molecule has 1 atom stereocenters. The lowest BCUT2D eigenvalue weighted by atomic mass is 10.1. The molecule has 1 aromatic carbocycles. The van der Waals surface area contributed by atoms with E-state index in [1.807, 2.05) is 30.3 Å². The molecule has 0 heterocycles. The Morgan fingerprint density at radius 1 is 1.44 bits per heavy atom. The Bertz CT molecular complexity index is 373. The maximum Gasteiger partial charge on any atom is 0.247 e. The maximum absolute atomic E-state index is 11.6. The number of rotatable bonds is 4. The molecule has 1 amide bonds. The number of carbonyl (C=O) groups excluding carboxylic acids is 1. The van der Waals surface area contributed by atoms with Crippen molar-refractivity contribution in [3.8, 4) is 0 Å². The van der Waals surface area contributed by atoms with Crippen LogP contribution < -0.4 is 5.48 Å². The van der Waals surface area contributed by atoms with Crippen LogP contribution in [0.1, 0.15) is 25.8 Å². The molecule has 1 fully saturated rings. The summed E-state index contributed by atoms with van der Waals surface area (Å²) < 4.78 is 0. The van der Waals surface area contributed by atoms with Crippen molar-refractivity contribution in [2.24, 2.45) is 11.3 Å². The zero-order valence-corrected chi connectivity index (χ0v) is 9.69. The number of amides is 1. The fourth-order valence-corrected chi connectivity index (χ4v) is 1.75. The third-order valence-electron chi connectivity index (χ3n) is 3.08. The SMILES string of the molecule is CC1(C)CC1C(=O)NOCc1ccccc1. The van der Waals surface area contributed by atoms with Crippen molar-refractivity contribution < 1.29 is 9.63 Å². The van der Waals surface area contributed by atoms with Crippen LogP contribution in [0.5, 0.6) is 0 Å². The summed E-state index contributed by atoms with van der Waals surface area (Å²) >= 11 is 0. The minimum Gasteiger partial charge on any atom is -0.272 e. The molecule has 2 rings (SSSR count). The number of hydroxylamine groups is 1. The average molecular weight is 219 g/mol. The fraction of sp³-hybridized carbons (Fsp3) is 0.462. The molecule has 1 unspecified atom stereocenters. The van der Waals surface area contributed by atoms with E-state index < -0.39 is 0 Å². The van der Waals surface area contributed by atoms with Crippen LogP contribution in [-0.4, -0.2) is 5.91 Å². The van der Waals surface area contributed by atoms with Crippen LogP contribution in [0.25, 0.3) is 0 Å². The van der Waals surface area contributed by atoms with Crippen LogP contribution in [0.15, 0.2) is 30.3 Å². The van der Waals surface area contributed by atoms with Gasteiger partial charge in [0.2, 0.25) is 5.91 Å². The van der Waals surface area contributed by atoms with Gasteiger partial charge in [0.25, 0.3) is 0 Å². The molecule has 1 aromatic rings. The van der Waals surface area contributed by atoms with Crippen molar-refractivity contribution in [1.29, 1.82) is 0 Å². The first-order valence-electron chi connectivity index (χ1n) is 5.55. The highest BCUT2D eigenvalue weighted by atomic mass is 16.6. The number of carbonyl (C=O) groups is 1. The third-order valence-corrected chi connectivity index (χ3v) is 3.08. The molecule has 0 aliphatic heterocycles. The topological polar surface area (TPSA) is 38.3 Å². The second-order valence-electron chi connectivity index (χ2n) is 4.99. The summed E-state index contributed by atoms with van der Waals surface area (Å²) in [4.78, 5) is 16.8. The Labute approximate surface area is 95.8 Å². The summed E-state index contributed by atoms with van der Waals surface area (Å²) in [6.45, 7) is 4.60. The summed E-state index contributed by atoms with van der Waals surface area (Å²) in [5.74, 6) is 0.115. The zero-order chi connectivity index (χ0) is 11.6. The molecule has 3 heteroatoms. The molecule has 1 saturated carbocycles. The lowest BCUT2D eigenvalue weighted by Gasteiger charge is -2.06. The summed E-state index contributed by atoms with van der Waals surface area (Å²) in [6, 6.07) is 9.78. The monoisotopic (exact) mass is 219 g/mol. The van der Waals surface area contributed by atoms with Crippen molar-refractivity contribution in [2.75, 3.05) is 0 Å². The Hall–Kier alpha value is -1.35. The molecule has 0 saturated heterocycles. The number of nitrogens with one attached hydrogen (secondary N) is 1. The first-order chi connectivity index (χ1) is 7.59. The molecular weight excluding hydrogens is 202 g/mol. The molecular formula is C13H17NO2. The van der Waals surface area contributed by atoms with Gasteiger partial charge in [-0.2, -0.15) is 0 Å². The van der Waals surface area contributed by atoms with Gasteiger partial charge in [-0.15, -0.1) is 0 Å². The van der Waals surface area contributed by atoms with Gasteiger partial charge in [-0.1, -0.05) is 44.2 Å². The van der Waals surface area contributed by atoms with Crippen LogP contribution in [0, 0.1) is 11.3 Å². The second-order valence-corrected chi connectivity index (χ2v) is 4.99. The second kappa shape index (κ2) is 4.26. The first-order valence-corrected chi connectivity index (χ1v) is 5.55. The minimum atomic E-state index is 0.000862. The third kappa shape index (κ3) is 2.61. The molecule has 0 bridgehead atoms. The average Bonchev–Trinajstić information content (AvgIpc) is 2.89. The van der Waals surface area contributed by atoms with E-state index in [4.69, 9.17) is 4.84 Å². The van der Waals surface area contributed by atoms with E-state index in [-0.39, 0.29) is 17.2 Å². The van der Waals surface area contributed by atoms with Gasteiger partial charge < -0.3 is 0 Å². The van der Waals surface area contributed by atoms with E-state index >= 15 is 0 Å². The first kappa shape index (κ1) is 11.1. The van der Waals surface area contributed by atoms with Crippen LogP contribution in [0.4, 0.5) is 0 Å². The van der Waals surface area contributed by atoms with Gasteiger partial charge in [-0.05, 0) is 17.4 Å². The molecule has 0 aromatic heterocycles. The van der Waals surface area contributed by atoms with Gasteiger partial charge in [0.15, 0.2) is 0 Å². The molecule has 0 radical (unpaired) electrons. The quantitative estimate of drug-likeness (QED) is 0.789. The van der Waals surface area contributed by atoms with Gasteiger partial charge in [0.1, 0.15) is 0 Å². The van der Waals surface area contributed by atoms with E-state index in [2.05, 4.69) is 19.3 Å². The molecule has 3 nitrogen and oxygen atoms in total. The van der Waals surface area contributed by atoms with Gasteiger partial charge in [-0.3, -0.25) is 9.63 Å². The van der Waals surface area contributed by atoms with E-state index in [1.54, 1.807) is 0 Å². The van der Waals surface area contributed by atoms with E-state index in [0.717, 1.165) is 12.0 Å². The summed E-state index contributed by atoms with van der Waals surface area (Å²) in [5.41, 5.74) is 3.72. The lowest BCUT2D eigenvalue weighted by molar-refractivity contribution is -0.136. The van der Waals surface area contributed by atoms with Crippen LogP contribution in [0.2, 0.25) is 0 Å². The van der Waals surface area contributed by atoms with Crippen LogP contribution >= 0.6 is 0 Å². The van der Waals surface area contributed by atoms with Gasteiger partial charge in [0.05, 0.1) is 6.61 Å². The lowest BCUT2D eigenvalue weighted by Crippen LogP contribution is -2.26. The highest BCUT2D eigenvalue weighted by Crippen LogP contribution is 2.51.